The molecule has 9 heteroatoms. The molecule has 0 radical (unpaired) electrons. The molecule has 3 aromatic rings. The second-order valence-electron chi connectivity index (χ2n) is 5.72. The van der Waals surface area contributed by atoms with Gasteiger partial charge in [-0.1, -0.05) is 6.07 Å². The number of amides is 1. The summed E-state index contributed by atoms with van der Waals surface area (Å²) in [5.41, 5.74) is 2.51. The molecule has 1 aliphatic rings. The number of fused-ring (bicyclic) bond motifs is 1. The van der Waals surface area contributed by atoms with Gasteiger partial charge < -0.3 is 5.32 Å². The SMILES string of the molecule is Cc1nn(-c2ncccn2)c2c1[C@@H](c1ccc(F)c(Br)c1)SCC(=O)N2. The molecule has 4 rings (SSSR count). The van der Waals surface area contributed by atoms with Crippen LogP contribution in [0, 0.1) is 12.7 Å². The van der Waals surface area contributed by atoms with Crippen molar-refractivity contribution < 1.29 is 9.18 Å². The van der Waals surface area contributed by atoms with E-state index in [1.807, 2.05) is 6.92 Å². The molecule has 1 N–H and O–H groups in total. The van der Waals surface area contributed by atoms with Gasteiger partial charge in [0.05, 0.1) is 21.2 Å². The monoisotopic (exact) mass is 433 g/mol. The van der Waals surface area contributed by atoms with Gasteiger partial charge in [0.1, 0.15) is 11.6 Å². The van der Waals surface area contributed by atoms with E-state index in [0.29, 0.717) is 16.2 Å². The van der Waals surface area contributed by atoms with E-state index in [4.69, 9.17) is 0 Å². The van der Waals surface area contributed by atoms with E-state index in [0.717, 1.165) is 16.8 Å². The van der Waals surface area contributed by atoms with Crippen molar-refractivity contribution in [3.8, 4) is 5.95 Å². The molecule has 26 heavy (non-hydrogen) atoms. The largest absolute Gasteiger partial charge is 0.309 e. The van der Waals surface area contributed by atoms with Crippen LogP contribution in [0.4, 0.5) is 10.2 Å². The average Bonchev–Trinajstić information content (AvgIpc) is 2.84. The zero-order chi connectivity index (χ0) is 18.3. The van der Waals surface area contributed by atoms with E-state index in [1.165, 1.54) is 17.8 Å². The third-order valence-electron chi connectivity index (χ3n) is 4.00. The number of thioether (sulfide) groups is 1. The quantitative estimate of drug-likeness (QED) is 0.667. The van der Waals surface area contributed by atoms with E-state index in [-0.39, 0.29) is 22.7 Å². The molecule has 0 bridgehead atoms. The Morgan fingerprint density at radius 1 is 1.35 bits per heavy atom. The molecule has 0 fully saturated rings. The van der Waals surface area contributed by atoms with Crippen molar-refractivity contribution in [2.45, 2.75) is 12.2 Å². The lowest BCUT2D eigenvalue weighted by atomic mass is 10.0. The second-order valence-corrected chi connectivity index (χ2v) is 7.67. The molecular weight excluding hydrogens is 421 g/mol. The minimum atomic E-state index is -0.327. The zero-order valence-corrected chi connectivity index (χ0v) is 16.0. The number of carbonyl (C=O) groups is 1. The molecule has 2 aromatic heterocycles. The molecule has 6 nitrogen and oxygen atoms in total. The first-order valence-electron chi connectivity index (χ1n) is 7.78. The lowest BCUT2D eigenvalue weighted by Crippen LogP contribution is -2.16. The minimum absolute atomic E-state index is 0.128. The maximum absolute atomic E-state index is 13.7. The number of anilines is 1. The number of nitrogens with zero attached hydrogens (tertiary/aromatic N) is 4. The van der Waals surface area contributed by atoms with Gasteiger partial charge in [0, 0.05) is 18.0 Å². The predicted octanol–water partition coefficient (Wildman–Crippen LogP) is 3.65. The van der Waals surface area contributed by atoms with Crippen molar-refractivity contribution in [2.75, 3.05) is 11.1 Å². The smallest absolute Gasteiger partial charge is 0.252 e. The van der Waals surface area contributed by atoms with Gasteiger partial charge in [-0.3, -0.25) is 4.79 Å². The van der Waals surface area contributed by atoms with Crippen molar-refractivity contribution in [1.29, 1.82) is 0 Å². The molecule has 0 saturated heterocycles. The molecule has 1 aliphatic heterocycles. The molecule has 3 heterocycles. The summed E-state index contributed by atoms with van der Waals surface area (Å²) in [6, 6.07) is 6.60. The Balaban J connectivity index is 1.89. The Bertz CT molecular complexity index is 994. The summed E-state index contributed by atoms with van der Waals surface area (Å²) in [5.74, 6) is 0.754. The highest BCUT2D eigenvalue weighted by atomic mass is 79.9. The van der Waals surface area contributed by atoms with E-state index in [1.54, 1.807) is 35.3 Å². The highest BCUT2D eigenvalue weighted by molar-refractivity contribution is 9.10. The summed E-state index contributed by atoms with van der Waals surface area (Å²) in [6.45, 7) is 1.88. The van der Waals surface area contributed by atoms with Gasteiger partial charge >= 0.3 is 0 Å². The van der Waals surface area contributed by atoms with Crippen LogP contribution in [0.5, 0.6) is 0 Å². The number of aromatic nitrogens is 4. The fourth-order valence-corrected chi connectivity index (χ4v) is 4.44. The van der Waals surface area contributed by atoms with E-state index in [9.17, 15) is 9.18 Å². The number of halogens is 2. The van der Waals surface area contributed by atoms with Crippen molar-refractivity contribution in [3.63, 3.8) is 0 Å². The average molecular weight is 434 g/mol. The number of carbonyl (C=O) groups excluding carboxylic acids is 1. The number of aryl methyl sites for hydroxylation is 1. The summed E-state index contributed by atoms with van der Waals surface area (Å²) < 4.78 is 15.6. The molecule has 0 saturated carbocycles. The van der Waals surface area contributed by atoms with Gasteiger partial charge in [-0.05, 0) is 46.6 Å². The Morgan fingerprint density at radius 3 is 2.85 bits per heavy atom. The van der Waals surface area contributed by atoms with Gasteiger partial charge in [-0.25, -0.2) is 14.4 Å². The third-order valence-corrected chi connectivity index (χ3v) is 5.87. The Labute approximate surface area is 161 Å². The van der Waals surface area contributed by atoms with Crippen LogP contribution < -0.4 is 5.32 Å². The first-order chi connectivity index (χ1) is 12.5. The lowest BCUT2D eigenvalue weighted by molar-refractivity contribution is -0.113. The maximum atomic E-state index is 13.7. The van der Waals surface area contributed by atoms with Gasteiger partial charge in [0.2, 0.25) is 5.91 Å². The molecule has 132 valence electrons. The van der Waals surface area contributed by atoms with Crippen LogP contribution in [-0.4, -0.2) is 31.4 Å². The first-order valence-corrected chi connectivity index (χ1v) is 9.62. The maximum Gasteiger partial charge on any atom is 0.252 e. The van der Waals surface area contributed by atoms with Crippen molar-refractivity contribution in [1.82, 2.24) is 19.7 Å². The van der Waals surface area contributed by atoms with Crippen LogP contribution in [-0.2, 0) is 4.79 Å². The highest BCUT2D eigenvalue weighted by Gasteiger charge is 2.31. The minimum Gasteiger partial charge on any atom is -0.309 e. The highest BCUT2D eigenvalue weighted by Crippen LogP contribution is 2.44. The van der Waals surface area contributed by atoms with E-state index < -0.39 is 0 Å². The Hall–Kier alpha value is -2.26. The van der Waals surface area contributed by atoms with Gasteiger partial charge in [0.25, 0.3) is 5.95 Å². The summed E-state index contributed by atoms with van der Waals surface area (Å²) in [4.78, 5) is 20.7. The number of hydrogen-bond acceptors (Lipinski definition) is 5. The van der Waals surface area contributed by atoms with Crippen LogP contribution >= 0.6 is 27.7 Å². The predicted molar refractivity (Wildman–Crippen MR) is 101 cm³/mol. The standard InChI is InChI=1S/C17H13BrFN5OS/c1-9-14-15(10-3-4-12(19)11(18)7-10)26-8-13(25)22-16(14)24(23-9)17-20-5-2-6-21-17/h2-7,15H,8H2,1H3,(H,22,25)/t15-/m1/s1. The first kappa shape index (κ1) is 17.2. The van der Waals surface area contributed by atoms with Gasteiger partial charge in [-0.2, -0.15) is 9.78 Å². The number of nitrogens with one attached hydrogen (secondary N) is 1. The van der Waals surface area contributed by atoms with E-state index >= 15 is 0 Å². The Morgan fingerprint density at radius 2 is 2.12 bits per heavy atom. The second kappa shape index (κ2) is 6.81. The molecule has 1 aromatic carbocycles. The van der Waals surface area contributed by atoms with Gasteiger partial charge in [0.15, 0.2) is 0 Å². The number of rotatable bonds is 2. The van der Waals surface area contributed by atoms with Crippen LogP contribution in [0.1, 0.15) is 22.1 Å². The molecule has 0 aliphatic carbocycles. The lowest BCUT2D eigenvalue weighted by Gasteiger charge is -2.15. The van der Waals surface area contributed by atoms with Crippen molar-refractivity contribution >= 4 is 39.4 Å². The molecular formula is C17H13BrFN5OS. The zero-order valence-electron chi connectivity index (χ0n) is 13.6. The number of hydrogen-bond donors (Lipinski definition) is 1. The molecule has 0 unspecified atom stereocenters. The summed E-state index contributed by atoms with van der Waals surface area (Å²) in [6.07, 6.45) is 3.24. The van der Waals surface area contributed by atoms with Crippen LogP contribution in [0.2, 0.25) is 0 Å². The van der Waals surface area contributed by atoms with Crippen molar-refractivity contribution in [3.05, 3.63) is 63.8 Å². The van der Waals surface area contributed by atoms with Crippen LogP contribution in [0.3, 0.4) is 0 Å². The normalized spacial score (nSPS) is 16.7. The molecule has 1 atom stereocenters. The summed E-state index contributed by atoms with van der Waals surface area (Å²) in [7, 11) is 0. The third kappa shape index (κ3) is 3.01. The Kier molecular flexibility index (Phi) is 4.49. The molecule has 0 spiro atoms. The van der Waals surface area contributed by atoms with Crippen LogP contribution in [0.15, 0.2) is 41.1 Å². The fraction of sp³-hybridized carbons (Fsp3) is 0.176. The van der Waals surface area contributed by atoms with Crippen molar-refractivity contribution in [2.24, 2.45) is 0 Å². The fourth-order valence-electron chi connectivity index (χ4n) is 2.87. The molecule has 1 amide bonds. The number of benzene rings is 1. The van der Waals surface area contributed by atoms with Gasteiger partial charge in [-0.15, -0.1) is 11.8 Å². The topological polar surface area (TPSA) is 72.7 Å². The summed E-state index contributed by atoms with van der Waals surface area (Å²) in [5, 5.41) is 7.27. The van der Waals surface area contributed by atoms with Crippen LogP contribution in [0.25, 0.3) is 5.95 Å². The van der Waals surface area contributed by atoms with E-state index in [2.05, 4.69) is 36.3 Å². The summed E-state index contributed by atoms with van der Waals surface area (Å²) >= 11 is 4.71.